The lowest BCUT2D eigenvalue weighted by molar-refractivity contribution is 0.144. The molecule has 3 fully saturated rings. The largest absolute Gasteiger partial charge is 0.396 e. The van der Waals surface area contributed by atoms with E-state index in [9.17, 15) is 18.3 Å². The van der Waals surface area contributed by atoms with Crippen LogP contribution in [0.4, 0.5) is 4.79 Å². The molecule has 3 N–H and O–H groups in total. The smallest absolute Gasteiger partial charge is 0.315 e. The highest BCUT2D eigenvalue weighted by molar-refractivity contribution is 7.91. The van der Waals surface area contributed by atoms with Crippen LogP contribution in [0.5, 0.6) is 0 Å². The second-order valence-electron chi connectivity index (χ2n) is 6.42. The van der Waals surface area contributed by atoms with Crippen LogP contribution < -0.4 is 10.6 Å². The maximum Gasteiger partial charge on any atom is 0.315 e. The third-order valence-corrected chi connectivity index (χ3v) is 6.93. The van der Waals surface area contributed by atoms with Crippen LogP contribution in [0.15, 0.2) is 0 Å². The molecular formula is C13H22N2O4S. The van der Waals surface area contributed by atoms with Crippen molar-refractivity contribution in [1.29, 1.82) is 0 Å². The highest BCUT2D eigenvalue weighted by Gasteiger charge is 2.47. The Balaban J connectivity index is 1.54. The number of amides is 2. The van der Waals surface area contributed by atoms with E-state index in [1.807, 2.05) is 0 Å². The van der Waals surface area contributed by atoms with E-state index >= 15 is 0 Å². The maximum absolute atomic E-state index is 12.0. The second-order valence-corrected chi connectivity index (χ2v) is 8.65. The van der Waals surface area contributed by atoms with Gasteiger partial charge in [-0.3, -0.25) is 0 Å². The van der Waals surface area contributed by atoms with Crippen molar-refractivity contribution >= 4 is 15.9 Å². The van der Waals surface area contributed by atoms with Crippen molar-refractivity contribution in [2.45, 2.75) is 37.8 Å². The number of hydrogen-bond acceptors (Lipinski definition) is 4. The Morgan fingerprint density at radius 1 is 1.15 bits per heavy atom. The summed E-state index contributed by atoms with van der Waals surface area (Å²) in [6.45, 7) is 0.115. The molecule has 0 spiro atoms. The van der Waals surface area contributed by atoms with Crippen molar-refractivity contribution in [3.8, 4) is 0 Å². The first-order valence-electron chi connectivity index (χ1n) is 7.37. The van der Waals surface area contributed by atoms with E-state index in [2.05, 4.69) is 10.6 Å². The normalized spacial score (nSPS) is 41.8. The minimum atomic E-state index is -2.97. The summed E-state index contributed by atoms with van der Waals surface area (Å²) in [5.41, 5.74) is 0. The van der Waals surface area contributed by atoms with Gasteiger partial charge in [-0.15, -0.1) is 0 Å². The van der Waals surface area contributed by atoms with Crippen LogP contribution in [-0.4, -0.2) is 49.8 Å². The standard InChI is InChI=1S/C13H22N2O4S/c16-6-11-8-1-2-9(5-8)12(11)15-13(17)14-10-3-4-20(18,19)7-10/h8-12,16H,1-7H2,(H2,14,15,17)/t8-,9-,10+,11+,12+/m0/s1. The molecule has 0 aromatic rings. The second kappa shape index (κ2) is 5.18. The first-order valence-corrected chi connectivity index (χ1v) is 9.19. The molecule has 0 aromatic heterocycles. The number of aliphatic hydroxyl groups excluding tert-OH is 1. The number of sulfone groups is 1. The van der Waals surface area contributed by atoms with E-state index in [4.69, 9.17) is 0 Å². The molecule has 0 aromatic carbocycles. The molecule has 6 nitrogen and oxygen atoms in total. The topological polar surface area (TPSA) is 95.5 Å². The Morgan fingerprint density at radius 2 is 1.90 bits per heavy atom. The van der Waals surface area contributed by atoms with Gasteiger partial charge in [0.15, 0.2) is 9.84 Å². The molecule has 1 aliphatic heterocycles. The fourth-order valence-corrected chi connectivity index (χ4v) is 5.86. The van der Waals surface area contributed by atoms with Crippen LogP contribution in [0.25, 0.3) is 0 Å². The first-order chi connectivity index (χ1) is 9.48. The monoisotopic (exact) mass is 302 g/mol. The molecule has 114 valence electrons. The number of carbonyl (C=O) groups excluding carboxylic acids is 1. The van der Waals surface area contributed by atoms with Crippen molar-refractivity contribution in [2.75, 3.05) is 18.1 Å². The lowest BCUT2D eigenvalue weighted by Gasteiger charge is -2.30. The van der Waals surface area contributed by atoms with Crippen molar-refractivity contribution in [3.63, 3.8) is 0 Å². The summed E-state index contributed by atoms with van der Waals surface area (Å²) in [7, 11) is -2.97. The molecule has 1 saturated heterocycles. The van der Waals surface area contributed by atoms with Gasteiger partial charge in [0.1, 0.15) is 0 Å². The third kappa shape index (κ3) is 2.65. The number of urea groups is 1. The van der Waals surface area contributed by atoms with Crippen LogP contribution in [0, 0.1) is 17.8 Å². The molecular weight excluding hydrogens is 280 g/mol. The van der Waals surface area contributed by atoms with Crippen molar-refractivity contribution in [1.82, 2.24) is 10.6 Å². The van der Waals surface area contributed by atoms with Gasteiger partial charge in [-0.1, -0.05) is 0 Å². The SMILES string of the molecule is O=C(N[C@@H]1CCS(=O)(=O)C1)N[C@@H]1[C@H]2CC[C@@H](C2)[C@H]1CO. The van der Waals surface area contributed by atoms with Gasteiger partial charge in [-0.05, 0) is 37.5 Å². The molecule has 20 heavy (non-hydrogen) atoms. The summed E-state index contributed by atoms with van der Waals surface area (Å²) in [6, 6.07) is -0.522. The summed E-state index contributed by atoms with van der Waals surface area (Å²) in [6.07, 6.45) is 3.85. The molecule has 0 radical (unpaired) electrons. The molecule has 0 unspecified atom stereocenters. The summed E-state index contributed by atoms with van der Waals surface area (Å²) >= 11 is 0. The Labute approximate surface area is 119 Å². The Morgan fingerprint density at radius 3 is 2.55 bits per heavy atom. The molecule has 3 aliphatic rings. The number of fused-ring (bicyclic) bond motifs is 2. The Kier molecular flexibility index (Phi) is 3.66. The molecule has 2 amide bonds. The van der Waals surface area contributed by atoms with Crippen LogP contribution in [0.1, 0.15) is 25.7 Å². The van der Waals surface area contributed by atoms with Gasteiger partial charge in [0.05, 0.1) is 11.5 Å². The molecule has 3 rings (SSSR count). The van der Waals surface area contributed by atoms with Gasteiger partial charge in [0.25, 0.3) is 0 Å². The zero-order valence-corrected chi connectivity index (χ0v) is 12.2. The average molecular weight is 302 g/mol. The number of rotatable bonds is 3. The first kappa shape index (κ1) is 14.1. The van der Waals surface area contributed by atoms with Gasteiger partial charge in [0.2, 0.25) is 0 Å². The zero-order valence-electron chi connectivity index (χ0n) is 11.4. The molecule has 2 aliphatic carbocycles. The van der Waals surface area contributed by atoms with Gasteiger partial charge >= 0.3 is 6.03 Å². The van der Waals surface area contributed by atoms with Crippen LogP contribution in [0.3, 0.4) is 0 Å². The highest BCUT2D eigenvalue weighted by atomic mass is 32.2. The minimum absolute atomic E-state index is 0.0387. The molecule has 5 atom stereocenters. The van der Waals surface area contributed by atoms with Crippen molar-refractivity contribution in [3.05, 3.63) is 0 Å². The third-order valence-electron chi connectivity index (χ3n) is 5.16. The van der Waals surface area contributed by atoms with Crippen LogP contribution in [0.2, 0.25) is 0 Å². The van der Waals surface area contributed by atoms with Crippen molar-refractivity contribution in [2.24, 2.45) is 17.8 Å². The highest BCUT2D eigenvalue weighted by Crippen LogP contribution is 2.48. The van der Waals surface area contributed by atoms with Gasteiger partial charge < -0.3 is 15.7 Å². The van der Waals surface area contributed by atoms with Gasteiger partial charge in [-0.25, -0.2) is 13.2 Å². The van der Waals surface area contributed by atoms with E-state index < -0.39 is 9.84 Å². The van der Waals surface area contributed by atoms with E-state index in [0.29, 0.717) is 18.3 Å². The number of carbonyl (C=O) groups is 1. The lowest BCUT2D eigenvalue weighted by atomic mass is 9.85. The Bertz CT molecular complexity index is 493. The van der Waals surface area contributed by atoms with Crippen LogP contribution >= 0.6 is 0 Å². The number of aliphatic hydroxyl groups is 1. The fourth-order valence-electron chi connectivity index (χ4n) is 4.19. The number of hydrogen-bond donors (Lipinski definition) is 3. The fraction of sp³-hybridized carbons (Fsp3) is 0.923. The van der Waals surface area contributed by atoms with Gasteiger partial charge in [-0.2, -0.15) is 0 Å². The van der Waals surface area contributed by atoms with Gasteiger partial charge in [0, 0.05) is 24.6 Å². The zero-order chi connectivity index (χ0) is 14.3. The number of nitrogens with one attached hydrogen (secondary N) is 2. The molecule has 2 bridgehead atoms. The average Bonchev–Trinajstić information content (AvgIpc) is 3.04. The summed E-state index contributed by atoms with van der Waals surface area (Å²) in [5.74, 6) is 1.36. The van der Waals surface area contributed by atoms with E-state index in [0.717, 1.165) is 19.3 Å². The maximum atomic E-state index is 12.0. The summed E-state index contributed by atoms with van der Waals surface area (Å²) in [5, 5.41) is 15.2. The lowest BCUT2D eigenvalue weighted by Crippen LogP contribution is -2.51. The van der Waals surface area contributed by atoms with E-state index in [1.165, 1.54) is 0 Å². The van der Waals surface area contributed by atoms with E-state index in [1.54, 1.807) is 0 Å². The van der Waals surface area contributed by atoms with E-state index in [-0.39, 0.29) is 42.1 Å². The van der Waals surface area contributed by atoms with Crippen molar-refractivity contribution < 1.29 is 18.3 Å². The summed E-state index contributed by atoms with van der Waals surface area (Å²) < 4.78 is 22.7. The predicted molar refractivity (Wildman–Crippen MR) is 73.9 cm³/mol. The predicted octanol–water partition coefficient (Wildman–Crippen LogP) is -0.120. The molecule has 2 saturated carbocycles. The minimum Gasteiger partial charge on any atom is -0.396 e. The van der Waals surface area contributed by atoms with Crippen LogP contribution in [-0.2, 0) is 9.84 Å². The molecule has 1 heterocycles. The Hall–Kier alpha value is -0.820. The quantitative estimate of drug-likeness (QED) is 0.677. The summed E-state index contributed by atoms with van der Waals surface area (Å²) in [4.78, 5) is 12.0. The molecule has 7 heteroatoms.